The molecule has 0 aliphatic heterocycles. The predicted octanol–water partition coefficient (Wildman–Crippen LogP) is 1.07. The van der Waals surface area contributed by atoms with Crippen LogP contribution in [0, 0.1) is 0 Å². The number of amides is 3. The van der Waals surface area contributed by atoms with Gasteiger partial charge >= 0.3 is 12.0 Å². The molecule has 0 heterocycles. The Bertz CT molecular complexity index is 380. The maximum absolute atomic E-state index is 12.3. The van der Waals surface area contributed by atoms with Crippen LogP contribution < -0.4 is 11.1 Å². The number of carbonyl (C=O) groups excluding carboxylic acids is 2. The number of carboxylic acid groups (broad SMARTS) is 1. The Labute approximate surface area is 124 Å². The first kappa shape index (κ1) is 17.3. The number of nitrogens with zero attached hydrogens (tertiary/aromatic N) is 1. The van der Waals surface area contributed by atoms with Crippen LogP contribution in [0.15, 0.2) is 0 Å². The molecule has 1 atom stereocenters. The summed E-state index contributed by atoms with van der Waals surface area (Å²) in [6, 6.07) is -0.790. The largest absolute Gasteiger partial charge is 0.481 e. The molecule has 1 fully saturated rings. The first-order chi connectivity index (χ1) is 9.93. The summed E-state index contributed by atoms with van der Waals surface area (Å²) in [7, 11) is 0. The van der Waals surface area contributed by atoms with Gasteiger partial charge in [0.25, 0.3) is 0 Å². The molecule has 0 aromatic carbocycles. The second-order valence-electron chi connectivity index (χ2n) is 5.57. The van der Waals surface area contributed by atoms with Gasteiger partial charge in [-0.15, -0.1) is 0 Å². The molecule has 7 nitrogen and oxygen atoms in total. The van der Waals surface area contributed by atoms with E-state index in [0.29, 0.717) is 6.42 Å². The first-order valence-electron chi connectivity index (χ1n) is 7.51. The molecule has 7 heteroatoms. The van der Waals surface area contributed by atoms with Gasteiger partial charge in [-0.2, -0.15) is 0 Å². The van der Waals surface area contributed by atoms with Crippen molar-refractivity contribution in [2.45, 2.75) is 64.0 Å². The number of primary amides is 1. The van der Waals surface area contributed by atoms with Crippen LogP contribution >= 0.6 is 0 Å². The summed E-state index contributed by atoms with van der Waals surface area (Å²) in [4.78, 5) is 35.8. The monoisotopic (exact) mass is 299 g/mol. The average molecular weight is 299 g/mol. The summed E-state index contributed by atoms with van der Waals surface area (Å²) in [5, 5.41) is 11.6. The Hall–Kier alpha value is -1.79. The van der Waals surface area contributed by atoms with Crippen molar-refractivity contribution >= 4 is 17.9 Å². The third kappa shape index (κ3) is 6.01. The Morgan fingerprint density at radius 2 is 1.95 bits per heavy atom. The second-order valence-corrected chi connectivity index (χ2v) is 5.57. The molecule has 3 amide bonds. The van der Waals surface area contributed by atoms with Crippen molar-refractivity contribution in [2.24, 2.45) is 5.73 Å². The van der Waals surface area contributed by atoms with Crippen LogP contribution in [0.1, 0.15) is 51.9 Å². The summed E-state index contributed by atoms with van der Waals surface area (Å²) >= 11 is 0. The van der Waals surface area contributed by atoms with Crippen LogP contribution in [0.5, 0.6) is 0 Å². The van der Waals surface area contributed by atoms with Gasteiger partial charge in [0.2, 0.25) is 5.91 Å². The van der Waals surface area contributed by atoms with Crippen molar-refractivity contribution in [3.8, 4) is 0 Å². The highest BCUT2D eigenvalue weighted by atomic mass is 16.4. The molecule has 1 unspecified atom stereocenters. The zero-order valence-electron chi connectivity index (χ0n) is 12.5. The van der Waals surface area contributed by atoms with Crippen molar-refractivity contribution in [1.82, 2.24) is 10.2 Å². The summed E-state index contributed by atoms with van der Waals surface area (Å²) in [5.74, 6) is -1.50. The molecule has 0 spiro atoms. The lowest BCUT2D eigenvalue weighted by Crippen LogP contribution is -2.51. The number of nitrogens with one attached hydrogen (secondary N) is 1. The van der Waals surface area contributed by atoms with E-state index in [1.54, 1.807) is 0 Å². The third-order valence-corrected chi connectivity index (χ3v) is 3.74. The van der Waals surface area contributed by atoms with Gasteiger partial charge in [-0.3, -0.25) is 9.59 Å². The van der Waals surface area contributed by atoms with Gasteiger partial charge in [-0.05, 0) is 19.3 Å². The Morgan fingerprint density at radius 1 is 1.33 bits per heavy atom. The average Bonchev–Trinajstić information content (AvgIpc) is 2.88. The molecular formula is C14H25N3O4. The van der Waals surface area contributed by atoms with Crippen molar-refractivity contribution in [2.75, 3.05) is 6.54 Å². The fraction of sp³-hybridized carbons (Fsp3) is 0.786. The first-order valence-corrected chi connectivity index (χ1v) is 7.51. The summed E-state index contributed by atoms with van der Waals surface area (Å²) in [5.41, 5.74) is 5.21. The number of hydrogen-bond acceptors (Lipinski definition) is 3. The lowest BCUT2D eigenvalue weighted by Gasteiger charge is -2.30. The molecule has 0 aromatic rings. The lowest BCUT2D eigenvalue weighted by molar-refractivity contribution is -0.137. The van der Waals surface area contributed by atoms with Gasteiger partial charge in [0, 0.05) is 12.1 Å². The predicted molar refractivity (Wildman–Crippen MR) is 77.6 cm³/mol. The highest BCUT2D eigenvalue weighted by Crippen LogP contribution is 2.23. The van der Waals surface area contributed by atoms with E-state index in [1.165, 1.54) is 4.90 Å². The molecule has 21 heavy (non-hydrogen) atoms. The fourth-order valence-electron chi connectivity index (χ4n) is 2.79. The van der Waals surface area contributed by atoms with Gasteiger partial charge < -0.3 is 21.1 Å². The molecule has 0 bridgehead atoms. The molecule has 0 aromatic heterocycles. The Morgan fingerprint density at radius 3 is 2.43 bits per heavy atom. The zero-order chi connectivity index (χ0) is 15.8. The quantitative estimate of drug-likeness (QED) is 0.622. The van der Waals surface area contributed by atoms with Crippen molar-refractivity contribution in [3.05, 3.63) is 0 Å². The van der Waals surface area contributed by atoms with E-state index < -0.39 is 17.9 Å². The second kappa shape index (κ2) is 8.49. The summed E-state index contributed by atoms with van der Waals surface area (Å²) in [6.45, 7) is 1.81. The van der Waals surface area contributed by atoms with Crippen LogP contribution in [0.2, 0.25) is 0 Å². The number of hydrogen-bond donors (Lipinski definition) is 3. The van der Waals surface area contributed by atoms with E-state index in [0.717, 1.165) is 32.1 Å². The van der Waals surface area contributed by atoms with E-state index >= 15 is 0 Å². The summed E-state index contributed by atoms with van der Waals surface area (Å²) < 4.78 is 0. The van der Waals surface area contributed by atoms with E-state index in [2.05, 4.69) is 5.32 Å². The van der Waals surface area contributed by atoms with Gasteiger partial charge in [0.1, 0.15) is 6.54 Å². The number of urea groups is 1. The van der Waals surface area contributed by atoms with Crippen LogP contribution in [0.3, 0.4) is 0 Å². The molecule has 1 aliphatic rings. The maximum Gasteiger partial charge on any atom is 0.318 e. The number of nitrogens with two attached hydrogens (primary N) is 1. The van der Waals surface area contributed by atoms with Gasteiger partial charge in [0.15, 0.2) is 0 Å². The zero-order valence-corrected chi connectivity index (χ0v) is 12.5. The van der Waals surface area contributed by atoms with Gasteiger partial charge in [0.05, 0.1) is 6.42 Å². The van der Waals surface area contributed by atoms with Crippen molar-refractivity contribution in [1.29, 1.82) is 0 Å². The normalized spacial score (nSPS) is 16.4. The van der Waals surface area contributed by atoms with Crippen molar-refractivity contribution in [3.63, 3.8) is 0 Å². The minimum atomic E-state index is -0.948. The fourth-order valence-corrected chi connectivity index (χ4v) is 2.79. The molecule has 1 saturated carbocycles. The topological polar surface area (TPSA) is 113 Å². The van der Waals surface area contributed by atoms with Gasteiger partial charge in [-0.25, -0.2) is 4.79 Å². The Balaban J connectivity index is 2.68. The smallest absolute Gasteiger partial charge is 0.318 e. The minimum absolute atomic E-state index is 0.0182. The molecule has 4 N–H and O–H groups in total. The van der Waals surface area contributed by atoms with Crippen LogP contribution in [0.4, 0.5) is 4.79 Å². The van der Waals surface area contributed by atoms with E-state index in [4.69, 9.17) is 10.8 Å². The molecule has 0 saturated heterocycles. The molecular weight excluding hydrogens is 274 g/mol. The number of carbonyl (C=O) groups is 3. The standard InChI is InChI=1S/C14H25N3O4/c1-2-5-10(8-13(19)20)16-14(21)17(9-12(15)18)11-6-3-4-7-11/h10-11H,2-9H2,1H3,(H2,15,18)(H,16,21)(H,19,20). The number of rotatable bonds is 8. The van der Waals surface area contributed by atoms with E-state index in [-0.39, 0.29) is 25.0 Å². The minimum Gasteiger partial charge on any atom is -0.481 e. The molecule has 1 rings (SSSR count). The molecule has 0 radical (unpaired) electrons. The van der Waals surface area contributed by atoms with Crippen LogP contribution in [0.25, 0.3) is 0 Å². The van der Waals surface area contributed by atoms with Crippen LogP contribution in [-0.2, 0) is 9.59 Å². The summed E-state index contributed by atoms with van der Waals surface area (Å²) in [6.07, 6.45) is 5.02. The van der Waals surface area contributed by atoms with Crippen LogP contribution in [-0.4, -0.2) is 46.5 Å². The highest BCUT2D eigenvalue weighted by Gasteiger charge is 2.29. The van der Waals surface area contributed by atoms with E-state index in [9.17, 15) is 14.4 Å². The highest BCUT2D eigenvalue weighted by molar-refractivity contribution is 5.83. The lowest BCUT2D eigenvalue weighted by atomic mass is 10.1. The number of carboxylic acids is 1. The third-order valence-electron chi connectivity index (χ3n) is 3.74. The SMILES string of the molecule is CCCC(CC(=O)O)NC(=O)N(CC(N)=O)C1CCCC1. The van der Waals surface area contributed by atoms with E-state index in [1.807, 2.05) is 6.92 Å². The van der Waals surface area contributed by atoms with Gasteiger partial charge in [-0.1, -0.05) is 26.2 Å². The number of aliphatic carboxylic acids is 1. The van der Waals surface area contributed by atoms with Crippen molar-refractivity contribution < 1.29 is 19.5 Å². The Kier molecular flexibility index (Phi) is 6.98. The maximum atomic E-state index is 12.3. The molecule has 120 valence electrons. The molecule has 1 aliphatic carbocycles.